The second kappa shape index (κ2) is 8.27. The van der Waals surface area contributed by atoms with E-state index in [0.29, 0.717) is 23.4 Å². The summed E-state index contributed by atoms with van der Waals surface area (Å²) in [4.78, 5) is 13.2. The third-order valence-electron chi connectivity index (χ3n) is 4.30. The van der Waals surface area contributed by atoms with Crippen molar-refractivity contribution in [3.8, 4) is 0 Å². The predicted molar refractivity (Wildman–Crippen MR) is 112 cm³/mol. The summed E-state index contributed by atoms with van der Waals surface area (Å²) < 4.78 is 30.1. The molecule has 0 spiro atoms. The maximum absolute atomic E-state index is 12.8. The lowest BCUT2D eigenvalue weighted by molar-refractivity contribution is 0.601. The van der Waals surface area contributed by atoms with Gasteiger partial charge in [0.2, 0.25) is 0 Å². The average molecular weight is 408 g/mol. The molecule has 4 aromatic rings. The first kappa shape index (κ1) is 18.9. The normalized spacial score (nSPS) is 11.4. The molecule has 29 heavy (non-hydrogen) atoms. The average Bonchev–Trinajstić information content (AvgIpc) is 3.25. The number of benzene rings is 2. The van der Waals surface area contributed by atoms with Gasteiger partial charge in [-0.3, -0.25) is 4.72 Å². The Morgan fingerprint density at radius 2 is 1.59 bits per heavy atom. The number of anilines is 2. The highest BCUT2D eigenvalue weighted by molar-refractivity contribution is 7.92. The molecule has 0 bridgehead atoms. The summed E-state index contributed by atoms with van der Waals surface area (Å²) in [6, 6.07) is 15.5. The van der Waals surface area contributed by atoms with E-state index in [1.54, 1.807) is 36.8 Å². The van der Waals surface area contributed by atoms with E-state index in [2.05, 4.69) is 25.0 Å². The molecule has 148 valence electrons. The number of nitrogens with zero attached hydrogens (tertiary/aromatic N) is 4. The lowest BCUT2D eigenvalue weighted by Crippen LogP contribution is -2.17. The number of rotatable bonds is 8. The summed E-state index contributed by atoms with van der Waals surface area (Å²) in [5.41, 5.74) is 1.30. The van der Waals surface area contributed by atoms with E-state index < -0.39 is 10.0 Å². The van der Waals surface area contributed by atoms with Crippen molar-refractivity contribution < 1.29 is 8.42 Å². The van der Waals surface area contributed by atoms with Crippen LogP contribution in [0.25, 0.3) is 11.0 Å². The van der Waals surface area contributed by atoms with Crippen LogP contribution in [-0.2, 0) is 16.6 Å². The van der Waals surface area contributed by atoms with E-state index in [0.717, 1.165) is 13.0 Å². The zero-order chi connectivity index (χ0) is 20.1. The van der Waals surface area contributed by atoms with Crippen molar-refractivity contribution in [2.45, 2.75) is 17.9 Å². The van der Waals surface area contributed by atoms with E-state index in [1.165, 1.54) is 12.1 Å². The fraction of sp³-hybridized carbons (Fsp3) is 0.150. The third kappa shape index (κ3) is 4.52. The molecule has 0 saturated carbocycles. The standard InChI is InChI=1S/C20H20N6O2S/c27-29(28,16-7-2-1-3-8-16)25-20-19(22-11-6-13-26-14-12-21-15-26)23-17-9-4-5-10-18(17)24-20/h1-5,7-10,12,14-15H,6,11,13H2,(H,22,23)(H,24,25). The summed E-state index contributed by atoms with van der Waals surface area (Å²) >= 11 is 0. The van der Waals surface area contributed by atoms with Gasteiger partial charge < -0.3 is 9.88 Å². The molecule has 0 fully saturated rings. The Balaban J connectivity index is 1.58. The Bertz CT molecular complexity index is 1190. The Hall–Kier alpha value is -3.46. The number of fused-ring (bicyclic) bond motifs is 1. The molecule has 0 radical (unpaired) electrons. The van der Waals surface area contributed by atoms with E-state index in [1.807, 2.05) is 29.0 Å². The van der Waals surface area contributed by atoms with Crippen molar-refractivity contribution in [1.82, 2.24) is 19.5 Å². The number of nitrogens with one attached hydrogen (secondary N) is 2. The zero-order valence-electron chi connectivity index (χ0n) is 15.6. The van der Waals surface area contributed by atoms with Crippen LogP contribution in [0, 0.1) is 0 Å². The molecular formula is C20H20N6O2S. The minimum atomic E-state index is -3.78. The van der Waals surface area contributed by atoms with Crippen molar-refractivity contribution in [3.05, 3.63) is 73.3 Å². The number of para-hydroxylation sites is 2. The highest BCUT2D eigenvalue weighted by atomic mass is 32.2. The van der Waals surface area contributed by atoms with Crippen LogP contribution in [0.4, 0.5) is 11.6 Å². The molecule has 0 unspecified atom stereocenters. The van der Waals surface area contributed by atoms with Gasteiger partial charge >= 0.3 is 0 Å². The molecule has 2 N–H and O–H groups in total. The van der Waals surface area contributed by atoms with Gasteiger partial charge in [-0.25, -0.2) is 23.4 Å². The molecule has 4 rings (SSSR count). The number of hydrogen-bond acceptors (Lipinski definition) is 6. The first-order valence-corrected chi connectivity index (χ1v) is 10.6. The van der Waals surface area contributed by atoms with Crippen LogP contribution in [0.2, 0.25) is 0 Å². The second-order valence-corrected chi connectivity index (χ2v) is 8.09. The summed E-state index contributed by atoms with van der Waals surface area (Å²) in [5.74, 6) is 0.573. The molecule has 0 amide bonds. The minimum Gasteiger partial charge on any atom is -0.367 e. The molecule has 2 aromatic carbocycles. The number of aromatic nitrogens is 4. The van der Waals surface area contributed by atoms with Gasteiger partial charge in [0, 0.05) is 25.5 Å². The highest BCUT2D eigenvalue weighted by Crippen LogP contribution is 2.24. The topological polar surface area (TPSA) is 102 Å². The maximum atomic E-state index is 12.8. The van der Waals surface area contributed by atoms with Crippen molar-refractivity contribution in [2.24, 2.45) is 0 Å². The molecule has 0 aliphatic carbocycles. The number of aryl methyl sites for hydroxylation is 1. The summed E-state index contributed by atoms with van der Waals surface area (Å²) in [5, 5.41) is 3.21. The SMILES string of the molecule is O=S(=O)(Nc1nc2ccccc2nc1NCCCn1ccnc1)c1ccccc1. The van der Waals surface area contributed by atoms with Crippen LogP contribution in [0.3, 0.4) is 0 Å². The van der Waals surface area contributed by atoms with Gasteiger partial charge in [0.15, 0.2) is 11.6 Å². The van der Waals surface area contributed by atoms with Crippen LogP contribution in [0.15, 0.2) is 78.2 Å². The van der Waals surface area contributed by atoms with E-state index in [4.69, 9.17) is 0 Å². The molecular weight excluding hydrogens is 388 g/mol. The Morgan fingerprint density at radius 3 is 2.28 bits per heavy atom. The molecule has 0 aliphatic heterocycles. The summed E-state index contributed by atoms with van der Waals surface area (Å²) in [6.45, 7) is 1.39. The molecule has 9 heteroatoms. The van der Waals surface area contributed by atoms with Crippen LogP contribution < -0.4 is 10.0 Å². The zero-order valence-corrected chi connectivity index (χ0v) is 16.4. The van der Waals surface area contributed by atoms with Crippen LogP contribution in [0.1, 0.15) is 6.42 Å². The van der Waals surface area contributed by atoms with Crippen molar-refractivity contribution in [1.29, 1.82) is 0 Å². The maximum Gasteiger partial charge on any atom is 0.263 e. The quantitative estimate of drug-likeness (QED) is 0.434. The second-order valence-electron chi connectivity index (χ2n) is 6.41. The van der Waals surface area contributed by atoms with Gasteiger partial charge in [-0.1, -0.05) is 30.3 Å². The smallest absolute Gasteiger partial charge is 0.263 e. The van der Waals surface area contributed by atoms with Gasteiger partial charge in [-0.05, 0) is 30.7 Å². The minimum absolute atomic E-state index is 0.168. The van der Waals surface area contributed by atoms with Gasteiger partial charge in [0.25, 0.3) is 10.0 Å². The predicted octanol–water partition coefficient (Wildman–Crippen LogP) is 3.13. The lowest BCUT2D eigenvalue weighted by atomic mass is 10.3. The van der Waals surface area contributed by atoms with Gasteiger partial charge in [0.05, 0.1) is 22.3 Å². The molecule has 2 heterocycles. The molecule has 2 aromatic heterocycles. The summed E-state index contributed by atoms with van der Waals surface area (Å²) in [7, 11) is -3.78. The number of sulfonamides is 1. The van der Waals surface area contributed by atoms with Crippen LogP contribution in [0.5, 0.6) is 0 Å². The Labute approximate surface area is 168 Å². The molecule has 8 nitrogen and oxygen atoms in total. The van der Waals surface area contributed by atoms with E-state index in [9.17, 15) is 8.42 Å². The number of hydrogen-bond donors (Lipinski definition) is 2. The fourth-order valence-electron chi connectivity index (χ4n) is 2.87. The van der Waals surface area contributed by atoms with Gasteiger partial charge in [-0.15, -0.1) is 0 Å². The monoisotopic (exact) mass is 408 g/mol. The molecule has 0 saturated heterocycles. The number of imidazole rings is 1. The summed E-state index contributed by atoms with van der Waals surface area (Å²) in [6.07, 6.45) is 6.21. The largest absolute Gasteiger partial charge is 0.367 e. The van der Waals surface area contributed by atoms with Crippen LogP contribution >= 0.6 is 0 Å². The third-order valence-corrected chi connectivity index (χ3v) is 5.65. The first-order chi connectivity index (χ1) is 14.1. The molecule has 0 atom stereocenters. The fourth-order valence-corrected chi connectivity index (χ4v) is 3.90. The van der Waals surface area contributed by atoms with Gasteiger partial charge in [0.1, 0.15) is 0 Å². The lowest BCUT2D eigenvalue weighted by Gasteiger charge is -2.14. The van der Waals surface area contributed by atoms with E-state index >= 15 is 0 Å². The van der Waals surface area contributed by atoms with Crippen molar-refractivity contribution in [3.63, 3.8) is 0 Å². The molecule has 0 aliphatic rings. The van der Waals surface area contributed by atoms with Gasteiger partial charge in [-0.2, -0.15) is 0 Å². The Kier molecular flexibility index (Phi) is 5.39. The van der Waals surface area contributed by atoms with Crippen molar-refractivity contribution >= 4 is 32.7 Å². The first-order valence-electron chi connectivity index (χ1n) is 9.16. The van der Waals surface area contributed by atoms with E-state index in [-0.39, 0.29) is 10.7 Å². The Morgan fingerprint density at radius 1 is 0.897 bits per heavy atom. The van der Waals surface area contributed by atoms with Crippen molar-refractivity contribution in [2.75, 3.05) is 16.6 Å². The van der Waals surface area contributed by atoms with Crippen LogP contribution in [-0.4, -0.2) is 34.5 Å². The highest BCUT2D eigenvalue weighted by Gasteiger charge is 2.18.